The summed E-state index contributed by atoms with van der Waals surface area (Å²) in [6.45, 7) is 0.683. The Morgan fingerprint density at radius 3 is 2.23 bits per heavy atom. The number of likely N-dealkylation sites (N-methyl/N-ethyl adjacent to an activating group) is 1. The monoisotopic (exact) mass is 589 g/mol. The minimum atomic E-state index is -3.96. The standard InChI is InChI=1S/C28H29Cl2N3O5S/c1-19(34)21-10-7-11-24(15-21)33(39(3,37)38)18-27(35)32(17-22-12-13-23(29)16-25(22)30)26(28(36)31-2)14-20-8-5-4-6-9-20/h4-13,15-16,26H,14,17-18H2,1-3H3,(H,31,36). The number of carbonyl (C=O) groups excluding carboxylic acids is 3. The Morgan fingerprint density at radius 2 is 1.64 bits per heavy atom. The minimum absolute atomic E-state index is 0.0785. The molecule has 0 aliphatic heterocycles. The van der Waals surface area contributed by atoms with E-state index in [0.717, 1.165) is 16.1 Å². The van der Waals surface area contributed by atoms with Crippen LogP contribution in [0.2, 0.25) is 10.0 Å². The van der Waals surface area contributed by atoms with Crippen LogP contribution in [0, 0.1) is 0 Å². The summed E-state index contributed by atoms with van der Waals surface area (Å²) in [4.78, 5) is 40.3. The molecule has 0 bridgehead atoms. The quantitative estimate of drug-likeness (QED) is 0.335. The molecule has 0 fully saturated rings. The summed E-state index contributed by atoms with van der Waals surface area (Å²) >= 11 is 12.5. The average molecular weight is 591 g/mol. The molecule has 0 aliphatic carbocycles. The van der Waals surface area contributed by atoms with Gasteiger partial charge in [-0.1, -0.05) is 71.7 Å². The molecule has 0 saturated heterocycles. The van der Waals surface area contributed by atoms with Crippen LogP contribution in [0.4, 0.5) is 5.69 Å². The summed E-state index contributed by atoms with van der Waals surface area (Å²) in [6.07, 6.45) is 1.15. The zero-order chi connectivity index (χ0) is 28.7. The van der Waals surface area contributed by atoms with Gasteiger partial charge >= 0.3 is 0 Å². The summed E-state index contributed by atoms with van der Waals surface area (Å²) in [5, 5.41) is 3.31. The fourth-order valence-electron chi connectivity index (χ4n) is 4.05. The van der Waals surface area contributed by atoms with Gasteiger partial charge in [0.05, 0.1) is 11.9 Å². The van der Waals surface area contributed by atoms with Crippen LogP contribution in [0.1, 0.15) is 28.4 Å². The van der Waals surface area contributed by atoms with E-state index in [-0.39, 0.29) is 24.4 Å². The van der Waals surface area contributed by atoms with Crippen LogP contribution >= 0.6 is 23.2 Å². The molecule has 1 N–H and O–H groups in total. The van der Waals surface area contributed by atoms with Gasteiger partial charge in [-0.2, -0.15) is 0 Å². The van der Waals surface area contributed by atoms with E-state index in [1.165, 1.54) is 37.1 Å². The average Bonchev–Trinajstić information content (AvgIpc) is 2.89. The van der Waals surface area contributed by atoms with Gasteiger partial charge in [-0.3, -0.25) is 18.7 Å². The van der Waals surface area contributed by atoms with Gasteiger partial charge in [0.15, 0.2) is 5.78 Å². The first-order valence-electron chi connectivity index (χ1n) is 12.0. The molecule has 1 atom stereocenters. The van der Waals surface area contributed by atoms with Crippen molar-refractivity contribution in [3.63, 3.8) is 0 Å². The predicted octanol–water partition coefficient (Wildman–Crippen LogP) is 4.35. The molecule has 206 valence electrons. The van der Waals surface area contributed by atoms with Crippen LogP contribution < -0.4 is 9.62 Å². The fourth-order valence-corrected chi connectivity index (χ4v) is 5.36. The van der Waals surface area contributed by atoms with Crippen molar-refractivity contribution in [1.82, 2.24) is 10.2 Å². The Balaban J connectivity index is 2.07. The summed E-state index contributed by atoms with van der Waals surface area (Å²) in [7, 11) is -2.49. The maximum atomic E-state index is 13.9. The highest BCUT2D eigenvalue weighted by Crippen LogP contribution is 2.25. The number of hydrogen-bond acceptors (Lipinski definition) is 5. The number of hydrogen-bond donors (Lipinski definition) is 1. The van der Waals surface area contributed by atoms with E-state index in [1.54, 1.807) is 24.3 Å². The van der Waals surface area contributed by atoms with Gasteiger partial charge < -0.3 is 10.2 Å². The van der Waals surface area contributed by atoms with Crippen LogP contribution in [0.5, 0.6) is 0 Å². The van der Waals surface area contributed by atoms with Gasteiger partial charge in [0.25, 0.3) is 0 Å². The van der Waals surface area contributed by atoms with Gasteiger partial charge in [-0.15, -0.1) is 0 Å². The lowest BCUT2D eigenvalue weighted by Crippen LogP contribution is -2.52. The molecule has 11 heteroatoms. The maximum absolute atomic E-state index is 13.9. The molecule has 0 spiro atoms. The number of sulfonamides is 1. The second kappa shape index (κ2) is 13.1. The molecule has 0 heterocycles. The Kier molecular flexibility index (Phi) is 10.1. The summed E-state index contributed by atoms with van der Waals surface area (Å²) in [5.41, 5.74) is 1.79. The number of benzene rings is 3. The lowest BCUT2D eigenvalue weighted by atomic mass is 10.0. The first-order valence-corrected chi connectivity index (χ1v) is 14.6. The lowest BCUT2D eigenvalue weighted by molar-refractivity contribution is -0.139. The predicted molar refractivity (Wildman–Crippen MR) is 154 cm³/mol. The minimum Gasteiger partial charge on any atom is -0.357 e. The van der Waals surface area contributed by atoms with E-state index < -0.39 is 34.4 Å². The van der Waals surface area contributed by atoms with Crippen LogP contribution in [0.3, 0.4) is 0 Å². The van der Waals surface area contributed by atoms with Crippen molar-refractivity contribution in [3.8, 4) is 0 Å². The molecule has 39 heavy (non-hydrogen) atoms. The maximum Gasteiger partial charge on any atom is 0.244 e. The highest BCUT2D eigenvalue weighted by molar-refractivity contribution is 7.92. The summed E-state index contributed by atoms with van der Waals surface area (Å²) < 4.78 is 26.6. The van der Waals surface area contributed by atoms with Gasteiger partial charge in [-0.25, -0.2) is 8.42 Å². The van der Waals surface area contributed by atoms with Gasteiger partial charge in [0.1, 0.15) is 12.6 Å². The molecule has 2 amide bonds. The molecule has 0 aromatic heterocycles. The topological polar surface area (TPSA) is 104 Å². The van der Waals surface area contributed by atoms with E-state index in [1.807, 2.05) is 30.3 Å². The number of nitrogens with zero attached hydrogens (tertiary/aromatic N) is 2. The first-order chi connectivity index (χ1) is 18.4. The van der Waals surface area contributed by atoms with Crippen molar-refractivity contribution in [2.45, 2.75) is 25.9 Å². The molecule has 0 radical (unpaired) electrons. The van der Waals surface area contributed by atoms with Crippen LogP contribution in [0.25, 0.3) is 0 Å². The Labute approximate surface area is 238 Å². The molecule has 3 aromatic rings. The number of carbonyl (C=O) groups is 3. The largest absolute Gasteiger partial charge is 0.357 e. The number of Topliss-reactive ketones (excluding diaryl/α,β-unsaturated/α-hetero) is 1. The molecule has 3 rings (SSSR count). The lowest BCUT2D eigenvalue weighted by Gasteiger charge is -2.33. The molecule has 1 unspecified atom stereocenters. The first kappa shape index (κ1) is 30.1. The van der Waals surface area contributed by atoms with Crippen molar-refractivity contribution in [1.29, 1.82) is 0 Å². The molecular weight excluding hydrogens is 561 g/mol. The van der Waals surface area contributed by atoms with Crippen LogP contribution in [-0.2, 0) is 32.6 Å². The summed E-state index contributed by atoms with van der Waals surface area (Å²) in [6, 6.07) is 19.0. The van der Waals surface area contributed by atoms with Crippen molar-refractivity contribution >= 4 is 56.5 Å². The number of ketones is 1. The third-order valence-electron chi connectivity index (χ3n) is 6.09. The molecule has 3 aromatic carbocycles. The molecule has 8 nitrogen and oxygen atoms in total. The van der Waals surface area contributed by atoms with Crippen molar-refractivity contribution < 1.29 is 22.8 Å². The number of anilines is 1. The van der Waals surface area contributed by atoms with E-state index in [9.17, 15) is 22.8 Å². The molecule has 0 saturated carbocycles. The van der Waals surface area contributed by atoms with E-state index in [2.05, 4.69) is 5.32 Å². The number of rotatable bonds is 11. The van der Waals surface area contributed by atoms with Gasteiger partial charge in [0, 0.05) is 35.6 Å². The van der Waals surface area contributed by atoms with Crippen molar-refractivity contribution in [2.24, 2.45) is 0 Å². The third kappa shape index (κ3) is 8.05. The third-order valence-corrected chi connectivity index (χ3v) is 7.82. The van der Waals surface area contributed by atoms with Crippen molar-refractivity contribution in [3.05, 3.63) is 99.5 Å². The second-order valence-electron chi connectivity index (χ2n) is 8.95. The van der Waals surface area contributed by atoms with E-state index in [4.69, 9.17) is 23.2 Å². The SMILES string of the molecule is CNC(=O)C(Cc1ccccc1)N(Cc1ccc(Cl)cc1Cl)C(=O)CN(c1cccc(C(C)=O)c1)S(C)(=O)=O. The van der Waals surface area contributed by atoms with Crippen LogP contribution in [-0.4, -0.2) is 56.8 Å². The zero-order valence-corrected chi connectivity index (χ0v) is 24.1. The molecule has 0 aliphatic rings. The smallest absolute Gasteiger partial charge is 0.244 e. The summed E-state index contributed by atoms with van der Waals surface area (Å²) in [5.74, 6) is -1.32. The van der Waals surface area contributed by atoms with Gasteiger partial charge in [0.2, 0.25) is 21.8 Å². The Hall–Kier alpha value is -3.40. The van der Waals surface area contributed by atoms with E-state index >= 15 is 0 Å². The van der Waals surface area contributed by atoms with E-state index in [0.29, 0.717) is 21.2 Å². The highest BCUT2D eigenvalue weighted by atomic mass is 35.5. The van der Waals surface area contributed by atoms with Gasteiger partial charge in [-0.05, 0) is 42.3 Å². The zero-order valence-electron chi connectivity index (χ0n) is 21.7. The van der Waals surface area contributed by atoms with Crippen LogP contribution in [0.15, 0.2) is 72.8 Å². The molecular formula is C28H29Cl2N3O5S. The number of amides is 2. The Bertz CT molecular complexity index is 1470. The second-order valence-corrected chi connectivity index (χ2v) is 11.7. The number of halogens is 2. The van der Waals surface area contributed by atoms with Crippen molar-refractivity contribution in [2.75, 3.05) is 24.2 Å². The fraction of sp³-hybridized carbons (Fsp3) is 0.250. The Morgan fingerprint density at radius 1 is 0.949 bits per heavy atom. The normalized spacial score (nSPS) is 11.9. The number of nitrogens with one attached hydrogen (secondary N) is 1. The highest BCUT2D eigenvalue weighted by Gasteiger charge is 2.33.